The number of ether oxygens (including phenoxy) is 1. The van der Waals surface area contributed by atoms with Gasteiger partial charge in [-0.1, -0.05) is 11.6 Å². The zero-order valence-corrected chi connectivity index (χ0v) is 17.8. The molecule has 3 heterocycles. The minimum Gasteiger partial charge on any atom is -0.450 e. The van der Waals surface area contributed by atoms with Crippen molar-refractivity contribution in [2.45, 2.75) is 33.1 Å². The molecule has 4 aliphatic rings. The highest BCUT2D eigenvalue weighted by Crippen LogP contribution is 2.25. The van der Waals surface area contributed by atoms with E-state index < -0.39 is 0 Å². The van der Waals surface area contributed by atoms with E-state index in [-0.39, 0.29) is 11.9 Å². The van der Waals surface area contributed by atoms with Gasteiger partial charge in [0.2, 0.25) is 5.96 Å². The van der Waals surface area contributed by atoms with E-state index in [4.69, 9.17) is 4.74 Å². The lowest BCUT2D eigenvalue weighted by Crippen LogP contribution is -2.49. The second-order valence-corrected chi connectivity index (χ2v) is 8.04. The summed E-state index contributed by atoms with van der Waals surface area (Å²) in [5, 5.41) is 4.16. The Balaban J connectivity index is 1.21. The number of piperazine rings is 1. The number of rotatable bonds is 6. The molecule has 4 rings (SSSR count). The Morgan fingerprint density at radius 3 is 2.70 bits per heavy atom. The molecule has 0 unspecified atom stereocenters. The fourth-order valence-corrected chi connectivity index (χ4v) is 4.15. The Morgan fingerprint density at radius 1 is 1.17 bits per heavy atom. The number of guanidine groups is 1. The number of carbonyl (C=O) groups is 2. The first-order chi connectivity index (χ1) is 14.5. The van der Waals surface area contributed by atoms with E-state index in [0.717, 1.165) is 63.3 Å². The Hall–Kier alpha value is -2.52. The van der Waals surface area contributed by atoms with Crippen LogP contribution in [0.3, 0.4) is 0 Å². The smallest absolute Gasteiger partial charge is 0.409 e. The van der Waals surface area contributed by atoms with E-state index in [1.165, 1.54) is 0 Å². The van der Waals surface area contributed by atoms with Gasteiger partial charge in [-0.25, -0.2) is 19.8 Å². The van der Waals surface area contributed by atoms with E-state index >= 15 is 0 Å². The normalized spacial score (nSPS) is 22.1. The molecule has 0 aromatic rings. The Morgan fingerprint density at radius 2 is 1.93 bits per heavy atom. The fourth-order valence-electron chi connectivity index (χ4n) is 4.15. The average molecular weight is 415 g/mol. The van der Waals surface area contributed by atoms with Gasteiger partial charge in [-0.3, -0.25) is 9.69 Å². The van der Waals surface area contributed by atoms with Gasteiger partial charge in [0.1, 0.15) is 12.4 Å². The number of allylic oxidation sites excluding steroid dienone is 3. The van der Waals surface area contributed by atoms with Crippen LogP contribution in [0.2, 0.25) is 0 Å². The summed E-state index contributed by atoms with van der Waals surface area (Å²) in [4.78, 5) is 37.2. The van der Waals surface area contributed by atoms with Crippen molar-refractivity contribution in [1.29, 1.82) is 0 Å². The quantitative estimate of drug-likeness (QED) is 0.615. The number of amides is 1. The molecule has 1 fully saturated rings. The van der Waals surface area contributed by atoms with Crippen LogP contribution in [0.15, 0.2) is 33.4 Å². The van der Waals surface area contributed by atoms with Gasteiger partial charge in [-0.05, 0) is 33.2 Å². The third-order valence-corrected chi connectivity index (χ3v) is 5.78. The minimum absolute atomic E-state index is 0.0742. The number of hydrazine groups is 1. The predicted octanol–water partition coefficient (Wildman–Crippen LogP) is 1.64. The van der Waals surface area contributed by atoms with Gasteiger partial charge >= 0.3 is 6.09 Å². The maximum atomic E-state index is 12.2. The van der Waals surface area contributed by atoms with Crippen molar-refractivity contribution < 1.29 is 14.3 Å². The minimum atomic E-state index is -0.201. The first-order valence-electron chi connectivity index (χ1n) is 10.8. The highest BCUT2D eigenvalue weighted by molar-refractivity contribution is 6.49. The summed E-state index contributed by atoms with van der Waals surface area (Å²) in [5.74, 6) is 0.690. The van der Waals surface area contributed by atoms with Gasteiger partial charge in [0.25, 0.3) is 0 Å². The van der Waals surface area contributed by atoms with Crippen molar-refractivity contribution in [2.75, 3.05) is 52.5 Å². The van der Waals surface area contributed by atoms with Crippen LogP contribution in [-0.4, -0.2) is 95.9 Å². The van der Waals surface area contributed by atoms with Gasteiger partial charge in [0.05, 0.1) is 6.61 Å². The van der Waals surface area contributed by atoms with Crippen molar-refractivity contribution in [3.8, 4) is 0 Å². The molecule has 0 aromatic heterocycles. The maximum Gasteiger partial charge on any atom is 0.409 e. The molecule has 0 bridgehead atoms. The molecule has 0 saturated carbocycles. The van der Waals surface area contributed by atoms with Gasteiger partial charge in [-0.2, -0.15) is 5.01 Å². The van der Waals surface area contributed by atoms with Gasteiger partial charge in [0, 0.05) is 50.9 Å². The number of ketones is 1. The zero-order valence-electron chi connectivity index (χ0n) is 17.8. The van der Waals surface area contributed by atoms with Crippen molar-refractivity contribution in [3.63, 3.8) is 0 Å². The zero-order chi connectivity index (χ0) is 21.1. The van der Waals surface area contributed by atoms with E-state index in [2.05, 4.69) is 19.9 Å². The number of hydrogen-bond donors (Lipinski definition) is 0. The van der Waals surface area contributed by atoms with Crippen LogP contribution in [0.4, 0.5) is 4.79 Å². The van der Waals surface area contributed by atoms with Crippen LogP contribution < -0.4 is 0 Å². The first-order valence-corrected chi connectivity index (χ1v) is 10.8. The number of aliphatic imine (C=N–C) groups is 2. The molecule has 0 atom stereocenters. The lowest BCUT2D eigenvalue weighted by molar-refractivity contribution is -0.112. The highest BCUT2D eigenvalue weighted by atomic mass is 16.6. The lowest BCUT2D eigenvalue weighted by Gasteiger charge is -2.34. The largest absolute Gasteiger partial charge is 0.450 e. The average Bonchev–Trinajstić information content (AvgIpc) is 3.12. The molecular weight excluding hydrogens is 384 g/mol. The molecular formula is C21H30N6O3. The standard InChI is InChI=1S/C21H30N6O3/c1-3-30-21(29)25-10-8-24(9-11-25)6-4-5-7-26-15-22-20-23-19-17(14-27(20)26)12-16(2)13-18(19)28/h12,14H,3-11,13,15H2,1-2H3. The molecule has 3 aliphatic heterocycles. The van der Waals surface area contributed by atoms with Gasteiger partial charge in [0.15, 0.2) is 5.78 Å². The summed E-state index contributed by atoms with van der Waals surface area (Å²) in [7, 11) is 0. The molecule has 0 N–H and O–H groups in total. The molecule has 0 spiro atoms. The number of nitrogens with zero attached hydrogens (tertiary/aromatic N) is 6. The number of hydrogen-bond acceptors (Lipinski definition) is 8. The van der Waals surface area contributed by atoms with Gasteiger partial charge in [-0.15, -0.1) is 0 Å². The summed E-state index contributed by atoms with van der Waals surface area (Å²) < 4.78 is 5.07. The fraction of sp³-hybridized carbons (Fsp3) is 0.619. The summed E-state index contributed by atoms with van der Waals surface area (Å²) in [6.45, 7) is 9.98. The molecule has 0 radical (unpaired) electrons. The summed E-state index contributed by atoms with van der Waals surface area (Å²) in [6, 6.07) is 0. The molecule has 30 heavy (non-hydrogen) atoms. The third-order valence-electron chi connectivity index (χ3n) is 5.78. The second-order valence-electron chi connectivity index (χ2n) is 8.04. The Bertz CT molecular complexity index is 823. The molecule has 0 aromatic carbocycles. The lowest BCUT2D eigenvalue weighted by atomic mass is 9.93. The van der Waals surface area contributed by atoms with Crippen molar-refractivity contribution >= 4 is 23.5 Å². The van der Waals surface area contributed by atoms with Crippen LogP contribution in [0, 0.1) is 0 Å². The van der Waals surface area contributed by atoms with Crippen LogP contribution in [0.5, 0.6) is 0 Å². The van der Waals surface area contributed by atoms with Crippen molar-refractivity contribution in [3.05, 3.63) is 23.4 Å². The molecule has 1 aliphatic carbocycles. The third kappa shape index (κ3) is 4.46. The summed E-state index contributed by atoms with van der Waals surface area (Å²) in [5.41, 5.74) is 2.49. The molecule has 1 saturated heterocycles. The SMILES string of the molecule is CCOC(=O)N1CCN(CCCCN2CN=C3N=C4C(=O)CC(C)=CC4=CN32)CC1. The Labute approximate surface area is 177 Å². The van der Waals surface area contributed by atoms with E-state index in [1.54, 1.807) is 4.90 Å². The predicted molar refractivity (Wildman–Crippen MR) is 114 cm³/mol. The van der Waals surface area contributed by atoms with Crippen molar-refractivity contribution in [2.24, 2.45) is 9.98 Å². The van der Waals surface area contributed by atoms with Gasteiger partial charge < -0.3 is 9.64 Å². The first kappa shape index (κ1) is 20.7. The molecule has 162 valence electrons. The van der Waals surface area contributed by atoms with Crippen molar-refractivity contribution in [1.82, 2.24) is 19.8 Å². The Kier molecular flexibility index (Phi) is 6.29. The monoisotopic (exact) mass is 414 g/mol. The van der Waals surface area contributed by atoms with Crippen LogP contribution in [0.25, 0.3) is 0 Å². The number of unbranched alkanes of at least 4 members (excludes halogenated alkanes) is 1. The van der Waals surface area contributed by atoms with Crippen LogP contribution in [0.1, 0.15) is 33.1 Å². The number of carbonyl (C=O) groups excluding carboxylic acids is 2. The van der Waals surface area contributed by atoms with E-state index in [0.29, 0.717) is 31.4 Å². The van der Waals surface area contributed by atoms with Crippen LogP contribution >= 0.6 is 0 Å². The molecule has 9 heteroatoms. The van der Waals surface area contributed by atoms with E-state index in [1.807, 2.05) is 31.1 Å². The summed E-state index contributed by atoms with van der Waals surface area (Å²) >= 11 is 0. The highest BCUT2D eigenvalue weighted by Gasteiger charge is 2.32. The maximum absolute atomic E-state index is 12.2. The van der Waals surface area contributed by atoms with E-state index in [9.17, 15) is 9.59 Å². The second kappa shape index (κ2) is 9.09. The molecule has 9 nitrogen and oxygen atoms in total. The number of Topliss-reactive ketones (excluding diaryl/α,β-unsaturated/α-hetero) is 1. The topological polar surface area (TPSA) is 81.0 Å². The van der Waals surface area contributed by atoms with Crippen LogP contribution in [-0.2, 0) is 9.53 Å². The summed E-state index contributed by atoms with van der Waals surface area (Å²) in [6.07, 6.45) is 6.41. The number of fused-ring (bicyclic) bond motifs is 2. The molecule has 1 amide bonds.